The van der Waals surface area contributed by atoms with Crippen molar-refractivity contribution in [2.45, 2.75) is 25.7 Å². The molecule has 1 N–H and O–H groups in total. The summed E-state index contributed by atoms with van der Waals surface area (Å²) in [6.07, 6.45) is 5.96. The highest BCUT2D eigenvalue weighted by Crippen LogP contribution is 2.33. The summed E-state index contributed by atoms with van der Waals surface area (Å²) in [6, 6.07) is 9.72. The monoisotopic (exact) mass is 487 g/mol. The number of anilines is 1. The lowest BCUT2D eigenvalue weighted by atomic mass is 9.96. The van der Waals surface area contributed by atoms with E-state index in [1.165, 1.54) is 0 Å². The van der Waals surface area contributed by atoms with Crippen molar-refractivity contribution in [2.75, 3.05) is 25.0 Å². The molecule has 156 valence electrons. The summed E-state index contributed by atoms with van der Waals surface area (Å²) in [4.78, 5) is 19.1. The van der Waals surface area contributed by atoms with Gasteiger partial charge in [-0.3, -0.25) is 4.79 Å². The number of amides is 1. The predicted molar refractivity (Wildman–Crippen MR) is 122 cm³/mol. The van der Waals surface area contributed by atoms with Crippen LogP contribution in [0.3, 0.4) is 0 Å². The summed E-state index contributed by atoms with van der Waals surface area (Å²) in [7, 11) is 0. The summed E-state index contributed by atoms with van der Waals surface area (Å²) < 4.78 is 2.65. The molecule has 6 nitrogen and oxygen atoms in total. The number of nitrogens with one attached hydrogen (secondary N) is 1. The van der Waals surface area contributed by atoms with Crippen LogP contribution < -0.4 is 5.32 Å². The van der Waals surface area contributed by atoms with Gasteiger partial charge in [0.05, 0.1) is 16.4 Å². The van der Waals surface area contributed by atoms with Gasteiger partial charge in [-0.2, -0.15) is 9.61 Å². The number of halogens is 2. The summed E-state index contributed by atoms with van der Waals surface area (Å²) in [5.74, 6) is 2.09. The second-order valence-electron chi connectivity index (χ2n) is 8.16. The zero-order chi connectivity index (χ0) is 20.7. The minimum Gasteiger partial charge on any atom is -0.370 e. The lowest BCUT2D eigenvalue weighted by molar-refractivity contribution is -0.133. The van der Waals surface area contributed by atoms with Gasteiger partial charge in [0.25, 0.3) is 0 Å². The van der Waals surface area contributed by atoms with Gasteiger partial charge in [0.2, 0.25) is 5.91 Å². The number of rotatable bonds is 5. The van der Waals surface area contributed by atoms with Crippen molar-refractivity contribution < 1.29 is 4.79 Å². The largest absolute Gasteiger partial charge is 0.370 e. The van der Waals surface area contributed by atoms with Crippen LogP contribution in [-0.4, -0.2) is 45.0 Å². The van der Waals surface area contributed by atoms with Gasteiger partial charge in [-0.05, 0) is 53.6 Å². The Balaban J connectivity index is 1.33. The van der Waals surface area contributed by atoms with E-state index < -0.39 is 0 Å². The third kappa shape index (κ3) is 3.93. The van der Waals surface area contributed by atoms with Gasteiger partial charge < -0.3 is 10.2 Å². The number of hydrogen-bond donors (Lipinski definition) is 1. The second-order valence-corrected chi connectivity index (χ2v) is 9.42. The van der Waals surface area contributed by atoms with Gasteiger partial charge in [0.1, 0.15) is 5.82 Å². The highest BCUT2D eigenvalue weighted by atomic mass is 79.9. The van der Waals surface area contributed by atoms with Crippen LogP contribution in [0.4, 0.5) is 5.82 Å². The summed E-state index contributed by atoms with van der Waals surface area (Å²) in [5.41, 5.74) is 2.45. The first-order valence-corrected chi connectivity index (χ1v) is 11.6. The number of carbonyl (C=O) groups excluding carboxylic acids is 1. The molecule has 1 aliphatic carbocycles. The molecule has 3 heterocycles. The molecule has 1 aliphatic heterocycles. The van der Waals surface area contributed by atoms with Gasteiger partial charge in [-0.1, -0.05) is 29.8 Å². The van der Waals surface area contributed by atoms with Crippen LogP contribution in [0.2, 0.25) is 5.02 Å². The van der Waals surface area contributed by atoms with Gasteiger partial charge >= 0.3 is 0 Å². The fraction of sp³-hybridized carbons (Fsp3) is 0.409. The predicted octanol–water partition coefficient (Wildman–Crippen LogP) is 4.87. The van der Waals surface area contributed by atoms with Crippen molar-refractivity contribution in [1.29, 1.82) is 0 Å². The minimum absolute atomic E-state index is 0.311. The van der Waals surface area contributed by atoms with Crippen molar-refractivity contribution >= 4 is 44.9 Å². The summed E-state index contributed by atoms with van der Waals surface area (Å²) in [5, 5.41) is 8.70. The first kappa shape index (κ1) is 19.8. The van der Waals surface area contributed by atoms with E-state index in [0.717, 1.165) is 72.5 Å². The smallest absolute Gasteiger partial charge is 0.225 e. The van der Waals surface area contributed by atoms with E-state index in [9.17, 15) is 4.79 Å². The van der Waals surface area contributed by atoms with Crippen molar-refractivity contribution in [3.63, 3.8) is 0 Å². The molecular formula is C22H23BrClN5O. The van der Waals surface area contributed by atoms with E-state index in [1.807, 2.05) is 34.8 Å². The van der Waals surface area contributed by atoms with Crippen LogP contribution in [0.15, 0.2) is 41.0 Å². The molecule has 1 saturated heterocycles. The highest BCUT2D eigenvalue weighted by molar-refractivity contribution is 9.10. The van der Waals surface area contributed by atoms with Gasteiger partial charge in [-0.15, -0.1) is 0 Å². The maximum Gasteiger partial charge on any atom is 0.225 e. The molecule has 0 radical (unpaired) electrons. The summed E-state index contributed by atoms with van der Waals surface area (Å²) in [6.45, 7) is 2.57. The quantitative estimate of drug-likeness (QED) is 0.556. The Morgan fingerprint density at radius 1 is 1.20 bits per heavy atom. The normalized spacial score (nSPS) is 17.5. The molecule has 1 saturated carbocycles. The van der Waals surface area contributed by atoms with E-state index in [-0.39, 0.29) is 0 Å². The molecule has 0 spiro atoms. The van der Waals surface area contributed by atoms with Crippen LogP contribution in [-0.2, 0) is 4.79 Å². The topological polar surface area (TPSA) is 62.5 Å². The molecule has 5 rings (SSSR count). The van der Waals surface area contributed by atoms with Crippen molar-refractivity contribution in [3.8, 4) is 11.3 Å². The third-order valence-corrected chi connectivity index (χ3v) is 6.89. The summed E-state index contributed by atoms with van der Waals surface area (Å²) >= 11 is 9.96. The zero-order valence-corrected chi connectivity index (χ0v) is 18.9. The number of fused-ring (bicyclic) bond motifs is 1. The van der Waals surface area contributed by atoms with Crippen molar-refractivity contribution in [1.82, 2.24) is 19.5 Å². The molecule has 2 aliphatic rings. The maximum atomic E-state index is 12.3. The number of hydrogen-bond acceptors (Lipinski definition) is 4. The Morgan fingerprint density at radius 3 is 2.70 bits per heavy atom. The molecule has 8 heteroatoms. The lowest BCUT2D eigenvalue weighted by Gasteiger charge is -2.32. The molecule has 0 unspecified atom stereocenters. The molecule has 1 aromatic carbocycles. The average molecular weight is 489 g/mol. The van der Waals surface area contributed by atoms with Crippen LogP contribution in [0.5, 0.6) is 0 Å². The van der Waals surface area contributed by atoms with Crippen LogP contribution in [0.1, 0.15) is 25.7 Å². The molecule has 30 heavy (non-hydrogen) atoms. The van der Waals surface area contributed by atoms with E-state index >= 15 is 0 Å². The average Bonchev–Trinajstić information content (AvgIpc) is 3.55. The molecule has 2 fully saturated rings. The van der Waals surface area contributed by atoms with Gasteiger partial charge in [0, 0.05) is 42.2 Å². The van der Waals surface area contributed by atoms with Gasteiger partial charge in [0.15, 0.2) is 5.65 Å². The minimum atomic E-state index is 0.311. The fourth-order valence-electron chi connectivity index (χ4n) is 4.06. The Kier molecular flexibility index (Phi) is 5.41. The Morgan fingerprint density at radius 2 is 1.97 bits per heavy atom. The SMILES string of the molecule is O=C(C1CC1)N1CCC(CNc2cc(-c3ccccc3Cl)nc3c(Br)cnn23)CC1. The van der Waals surface area contributed by atoms with Gasteiger partial charge in [-0.25, -0.2) is 4.98 Å². The van der Waals surface area contributed by atoms with Crippen molar-refractivity contribution in [3.05, 3.63) is 46.0 Å². The first-order valence-electron chi connectivity index (χ1n) is 10.4. The third-order valence-electron chi connectivity index (χ3n) is 6.00. The van der Waals surface area contributed by atoms with E-state index in [2.05, 4.69) is 31.2 Å². The Hall–Kier alpha value is -2.12. The number of aromatic nitrogens is 3. The number of piperidine rings is 1. The number of carbonyl (C=O) groups is 1. The standard InChI is InChI=1S/C22H23BrClN5O/c23-17-13-26-29-20(11-19(27-21(17)29)16-3-1-2-4-18(16)24)25-12-14-7-9-28(10-8-14)22(30)15-5-6-15/h1-4,11,13-15,25H,5-10,12H2. The second kappa shape index (κ2) is 8.19. The van der Waals surface area contributed by atoms with E-state index in [4.69, 9.17) is 16.6 Å². The lowest BCUT2D eigenvalue weighted by Crippen LogP contribution is -2.40. The Bertz CT molecular complexity index is 1090. The molecule has 1 amide bonds. The van der Waals surface area contributed by atoms with E-state index in [1.54, 1.807) is 6.20 Å². The van der Waals surface area contributed by atoms with E-state index in [0.29, 0.717) is 22.8 Å². The number of likely N-dealkylation sites (tertiary alicyclic amines) is 1. The number of benzene rings is 1. The molecule has 0 bridgehead atoms. The number of nitrogens with zero attached hydrogens (tertiary/aromatic N) is 4. The highest BCUT2D eigenvalue weighted by Gasteiger charge is 2.34. The molecule has 2 aromatic heterocycles. The zero-order valence-electron chi connectivity index (χ0n) is 16.5. The van der Waals surface area contributed by atoms with Crippen LogP contribution in [0, 0.1) is 11.8 Å². The maximum absolute atomic E-state index is 12.3. The van der Waals surface area contributed by atoms with Crippen LogP contribution in [0.25, 0.3) is 16.9 Å². The van der Waals surface area contributed by atoms with Crippen molar-refractivity contribution in [2.24, 2.45) is 11.8 Å². The molecule has 3 aromatic rings. The Labute approximate surface area is 188 Å². The molecular weight excluding hydrogens is 466 g/mol. The first-order chi connectivity index (χ1) is 14.6. The fourth-order valence-corrected chi connectivity index (χ4v) is 4.64. The van der Waals surface area contributed by atoms with Crippen LogP contribution >= 0.6 is 27.5 Å². The molecule has 0 atom stereocenters.